The van der Waals surface area contributed by atoms with Crippen LogP contribution in [0.2, 0.25) is 0 Å². The molecular weight excluding hydrogens is 282 g/mol. The van der Waals surface area contributed by atoms with Crippen molar-refractivity contribution in [2.45, 2.75) is 65.4 Å². The molecule has 0 radical (unpaired) electrons. The maximum absolute atomic E-state index is 11.9. The van der Waals surface area contributed by atoms with Crippen molar-refractivity contribution in [1.82, 2.24) is 5.32 Å². The van der Waals surface area contributed by atoms with Gasteiger partial charge < -0.3 is 15.2 Å². The van der Waals surface area contributed by atoms with Gasteiger partial charge in [-0.25, -0.2) is 4.79 Å². The molecule has 0 aromatic heterocycles. The van der Waals surface area contributed by atoms with Crippen molar-refractivity contribution in [3.8, 4) is 0 Å². The van der Waals surface area contributed by atoms with E-state index in [0.717, 1.165) is 18.8 Å². The second-order valence-corrected chi connectivity index (χ2v) is 7.13. The number of methoxy groups -OCH3 is 1. The largest absolute Gasteiger partial charge is 0.479 e. The monoisotopic (exact) mass is 313 g/mol. The lowest BCUT2D eigenvalue weighted by molar-refractivity contribution is -0.148. The summed E-state index contributed by atoms with van der Waals surface area (Å²) in [7, 11) is 1.34. The summed E-state index contributed by atoms with van der Waals surface area (Å²) in [5.41, 5.74) is 0.389. The molecule has 2 N–H and O–H groups in total. The lowest BCUT2D eigenvalue weighted by Crippen LogP contribution is -2.38. The molecule has 1 amide bonds. The third-order valence-corrected chi connectivity index (χ3v) is 5.38. The number of amides is 1. The Morgan fingerprint density at radius 3 is 2.32 bits per heavy atom. The lowest BCUT2D eigenvalue weighted by atomic mass is 9.67. The maximum atomic E-state index is 11.9. The number of hydrogen-bond donors (Lipinski definition) is 2. The normalized spacial score (nSPS) is 23.8. The molecule has 1 aliphatic carbocycles. The van der Waals surface area contributed by atoms with Gasteiger partial charge in [-0.05, 0) is 42.9 Å². The highest BCUT2D eigenvalue weighted by Gasteiger charge is 2.32. The van der Waals surface area contributed by atoms with Gasteiger partial charge in [0.05, 0.1) is 6.54 Å². The standard InChI is InChI=1S/C17H31NO4/c1-5-17(2,3)13-8-6-12(7-9-13)10-15(19)18-11-14(22-4)16(20)21/h12-14H,5-11H2,1-4H3,(H,18,19)(H,20,21). The predicted octanol–water partition coefficient (Wildman–Crippen LogP) is 2.83. The molecule has 22 heavy (non-hydrogen) atoms. The average molecular weight is 313 g/mol. The molecule has 0 aliphatic heterocycles. The van der Waals surface area contributed by atoms with E-state index in [1.165, 1.54) is 26.4 Å². The zero-order valence-electron chi connectivity index (χ0n) is 14.4. The Hall–Kier alpha value is -1.10. The van der Waals surface area contributed by atoms with E-state index in [1.54, 1.807) is 0 Å². The third-order valence-electron chi connectivity index (χ3n) is 5.38. The van der Waals surface area contributed by atoms with E-state index >= 15 is 0 Å². The van der Waals surface area contributed by atoms with Gasteiger partial charge in [0.1, 0.15) is 0 Å². The molecule has 1 saturated carbocycles. The Kier molecular flexibility index (Phi) is 7.33. The third kappa shape index (κ3) is 5.59. The van der Waals surface area contributed by atoms with E-state index < -0.39 is 12.1 Å². The van der Waals surface area contributed by atoms with Crippen molar-refractivity contribution in [2.24, 2.45) is 17.3 Å². The van der Waals surface area contributed by atoms with Gasteiger partial charge in [-0.15, -0.1) is 0 Å². The molecule has 0 bridgehead atoms. The molecule has 1 fully saturated rings. The highest BCUT2D eigenvalue weighted by atomic mass is 16.5. The summed E-state index contributed by atoms with van der Waals surface area (Å²) in [5.74, 6) is 0.0584. The SMILES string of the molecule is CCC(C)(C)C1CCC(CC(=O)NCC(OC)C(=O)O)CC1. The molecule has 0 aromatic rings. The second kappa shape index (κ2) is 8.51. The van der Waals surface area contributed by atoms with Crippen LogP contribution in [0.5, 0.6) is 0 Å². The van der Waals surface area contributed by atoms with Crippen LogP contribution in [0.25, 0.3) is 0 Å². The fourth-order valence-electron chi connectivity index (χ4n) is 3.25. The molecule has 0 aromatic carbocycles. The number of nitrogens with one attached hydrogen (secondary N) is 1. The van der Waals surface area contributed by atoms with E-state index in [4.69, 9.17) is 9.84 Å². The number of hydrogen-bond acceptors (Lipinski definition) is 3. The minimum Gasteiger partial charge on any atom is -0.479 e. The van der Waals surface area contributed by atoms with Crippen LogP contribution < -0.4 is 5.32 Å². The molecule has 0 saturated heterocycles. The topological polar surface area (TPSA) is 75.6 Å². The highest BCUT2D eigenvalue weighted by Crippen LogP contribution is 2.42. The van der Waals surface area contributed by atoms with Crippen molar-refractivity contribution in [3.05, 3.63) is 0 Å². The zero-order chi connectivity index (χ0) is 16.8. The van der Waals surface area contributed by atoms with Crippen molar-refractivity contribution in [3.63, 3.8) is 0 Å². The van der Waals surface area contributed by atoms with Crippen LogP contribution in [0.1, 0.15) is 59.3 Å². The summed E-state index contributed by atoms with van der Waals surface area (Å²) in [5, 5.41) is 11.5. The Morgan fingerprint density at radius 2 is 1.86 bits per heavy atom. The molecule has 1 rings (SSSR count). The first-order chi connectivity index (χ1) is 10.3. The van der Waals surface area contributed by atoms with Gasteiger partial charge >= 0.3 is 5.97 Å². The smallest absolute Gasteiger partial charge is 0.334 e. The molecule has 1 atom stereocenters. The Bertz CT molecular complexity index is 373. The van der Waals surface area contributed by atoms with Gasteiger partial charge in [0.2, 0.25) is 5.91 Å². The Morgan fingerprint density at radius 1 is 1.27 bits per heavy atom. The number of aliphatic carboxylic acids is 1. The quantitative estimate of drug-likeness (QED) is 0.722. The lowest BCUT2D eigenvalue weighted by Gasteiger charge is -2.38. The van der Waals surface area contributed by atoms with Crippen LogP contribution in [-0.4, -0.2) is 36.7 Å². The van der Waals surface area contributed by atoms with Crippen LogP contribution >= 0.6 is 0 Å². The minimum atomic E-state index is -1.05. The van der Waals surface area contributed by atoms with Gasteiger partial charge in [-0.1, -0.05) is 27.2 Å². The van der Waals surface area contributed by atoms with E-state index in [-0.39, 0.29) is 12.5 Å². The number of carboxylic acid groups (broad SMARTS) is 1. The second-order valence-electron chi connectivity index (χ2n) is 7.13. The van der Waals surface area contributed by atoms with Crippen molar-refractivity contribution in [2.75, 3.05) is 13.7 Å². The first-order valence-electron chi connectivity index (χ1n) is 8.32. The van der Waals surface area contributed by atoms with Crippen molar-refractivity contribution >= 4 is 11.9 Å². The summed E-state index contributed by atoms with van der Waals surface area (Å²) in [6.45, 7) is 6.94. The molecule has 5 heteroatoms. The van der Waals surface area contributed by atoms with Gasteiger partial charge in [-0.3, -0.25) is 4.79 Å². The fourth-order valence-corrected chi connectivity index (χ4v) is 3.25. The van der Waals surface area contributed by atoms with Crippen LogP contribution in [0.15, 0.2) is 0 Å². The van der Waals surface area contributed by atoms with Crippen LogP contribution in [0.4, 0.5) is 0 Å². The molecule has 1 unspecified atom stereocenters. The number of carbonyl (C=O) groups is 2. The van der Waals surface area contributed by atoms with E-state index in [0.29, 0.717) is 17.8 Å². The van der Waals surface area contributed by atoms with E-state index in [2.05, 4.69) is 26.1 Å². The van der Waals surface area contributed by atoms with Crippen molar-refractivity contribution in [1.29, 1.82) is 0 Å². The molecule has 1 aliphatic rings. The van der Waals surface area contributed by atoms with Gasteiger partial charge in [0.25, 0.3) is 0 Å². The molecule has 0 heterocycles. The Labute approximate surface area is 133 Å². The van der Waals surface area contributed by atoms with Gasteiger partial charge in [0.15, 0.2) is 6.10 Å². The summed E-state index contributed by atoms with van der Waals surface area (Å²) < 4.78 is 4.80. The first-order valence-corrected chi connectivity index (χ1v) is 8.32. The number of carboxylic acids is 1. The number of rotatable bonds is 8. The number of ether oxygens (including phenoxy) is 1. The summed E-state index contributed by atoms with van der Waals surface area (Å²) in [6.07, 6.45) is 5.28. The zero-order valence-corrected chi connectivity index (χ0v) is 14.4. The van der Waals surface area contributed by atoms with Gasteiger partial charge in [0, 0.05) is 13.5 Å². The molecule has 5 nitrogen and oxygen atoms in total. The van der Waals surface area contributed by atoms with Crippen LogP contribution in [0, 0.1) is 17.3 Å². The molecule has 128 valence electrons. The molecule has 0 spiro atoms. The average Bonchev–Trinajstić information content (AvgIpc) is 2.48. The Balaban J connectivity index is 2.32. The summed E-state index contributed by atoms with van der Waals surface area (Å²) >= 11 is 0. The summed E-state index contributed by atoms with van der Waals surface area (Å²) in [6, 6.07) is 0. The predicted molar refractivity (Wildman–Crippen MR) is 85.6 cm³/mol. The highest BCUT2D eigenvalue weighted by molar-refractivity contribution is 5.78. The number of carbonyl (C=O) groups excluding carboxylic acids is 1. The fraction of sp³-hybridized carbons (Fsp3) is 0.882. The maximum Gasteiger partial charge on any atom is 0.334 e. The van der Waals surface area contributed by atoms with Crippen LogP contribution in [-0.2, 0) is 14.3 Å². The molecular formula is C17H31NO4. The summed E-state index contributed by atoms with van der Waals surface area (Å²) in [4.78, 5) is 22.7. The van der Waals surface area contributed by atoms with Gasteiger partial charge in [-0.2, -0.15) is 0 Å². The van der Waals surface area contributed by atoms with Crippen molar-refractivity contribution < 1.29 is 19.4 Å². The minimum absolute atomic E-state index is 0.0306. The van der Waals surface area contributed by atoms with E-state index in [1.807, 2.05) is 0 Å². The van der Waals surface area contributed by atoms with Crippen LogP contribution in [0.3, 0.4) is 0 Å². The first kappa shape index (κ1) is 18.9. The van der Waals surface area contributed by atoms with E-state index in [9.17, 15) is 9.59 Å².